The van der Waals surface area contributed by atoms with Crippen LogP contribution in [-0.4, -0.2) is 35.1 Å². The average molecular weight is 358 g/mol. The van der Waals surface area contributed by atoms with Gasteiger partial charge < -0.3 is 15.3 Å². The van der Waals surface area contributed by atoms with Crippen LogP contribution >= 0.6 is 0 Å². The molecule has 2 aromatic rings. The van der Waals surface area contributed by atoms with Gasteiger partial charge in [0.25, 0.3) is 0 Å². The second kappa shape index (κ2) is 9.56. The summed E-state index contributed by atoms with van der Waals surface area (Å²) in [5.74, 6) is -1.27. The van der Waals surface area contributed by atoms with Crippen molar-refractivity contribution in [1.82, 2.24) is 10.2 Å². The lowest BCUT2D eigenvalue weighted by Gasteiger charge is -2.24. The molecule has 0 bridgehead atoms. The summed E-state index contributed by atoms with van der Waals surface area (Å²) in [7, 11) is 1.58. The number of hydrogen-bond donors (Lipinski definition) is 2. The van der Waals surface area contributed by atoms with Gasteiger partial charge in [0.05, 0.1) is 0 Å². The number of rotatable bonds is 8. The third-order valence-corrected chi connectivity index (χ3v) is 4.07. The smallest absolute Gasteiger partial charge is 0.317 e. The minimum absolute atomic E-state index is 0.0329. The van der Waals surface area contributed by atoms with Gasteiger partial charge >= 0.3 is 12.0 Å². The molecule has 0 heterocycles. The van der Waals surface area contributed by atoms with Crippen molar-refractivity contribution in [2.45, 2.75) is 31.8 Å². The molecular weight excluding hydrogens is 335 g/mol. The van der Waals surface area contributed by atoms with Crippen LogP contribution in [0.25, 0.3) is 0 Å². The Morgan fingerprint density at radius 1 is 1.12 bits per heavy atom. The number of carbonyl (C=O) groups is 2. The quantitative estimate of drug-likeness (QED) is 0.759. The first-order valence-corrected chi connectivity index (χ1v) is 8.46. The van der Waals surface area contributed by atoms with Gasteiger partial charge in [0.2, 0.25) is 0 Å². The molecule has 5 nitrogen and oxygen atoms in total. The molecule has 2 rings (SSSR count). The molecule has 2 N–H and O–H groups in total. The molecule has 6 heteroatoms. The number of nitrogens with zero attached hydrogens (tertiary/aromatic N) is 1. The van der Waals surface area contributed by atoms with E-state index >= 15 is 0 Å². The summed E-state index contributed by atoms with van der Waals surface area (Å²) in [6, 6.07) is 15.2. The predicted molar refractivity (Wildman–Crippen MR) is 97.2 cm³/mol. The Hall–Kier alpha value is -2.89. The Balaban J connectivity index is 1.99. The van der Waals surface area contributed by atoms with E-state index in [-0.39, 0.29) is 30.9 Å². The van der Waals surface area contributed by atoms with Gasteiger partial charge in [0.1, 0.15) is 5.82 Å². The Bertz CT molecular complexity index is 737. The van der Waals surface area contributed by atoms with Crippen LogP contribution < -0.4 is 5.32 Å². The van der Waals surface area contributed by atoms with E-state index in [1.807, 2.05) is 30.3 Å². The van der Waals surface area contributed by atoms with E-state index in [9.17, 15) is 14.0 Å². The van der Waals surface area contributed by atoms with Crippen molar-refractivity contribution in [3.05, 3.63) is 71.5 Å². The minimum Gasteiger partial charge on any atom is -0.481 e. The molecule has 138 valence electrons. The van der Waals surface area contributed by atoms with Gasteiger partial charge in [-0.2, -0.15) is 0 Å². The van der Waals surface area contributed by atoms with Crippen LogP contribution in [0.15, 0.2) is 54.6 Å². The van der Waals surface area contributed by atoms with E-state index in [0.29, 0.717) is 18.4 Å². The molecule has 1 atom stereocenters. The van der Waals surface area contributed by atoms with E-state index in [1.54, 1.807) is 25.2 Å². The SMILES string of the molecule is CN(Cc1ccccc1F)C(=O)NC(CCC(=O)O)Cc1ccccc1. The van der Waals surface area contributed by atoms with Gasteiger partial charge in [-0.25, -0.2) is 9.18 Å². The topological polar surface area (TPSA) is 69.6 Å². The highest BCUT2D eigenvalue weighted by Crippen LogP contribution is 2.11. The molecule has 0 aliphatic carbocycles. The molecule has 0 aliphatic rings. The van der Waals surface area contributed by atoms with E-state index < -0.39 is 5.97 Å². The first-order chi connectivity index (χ1) is 12.5. The summed E-state index contributed by atoms with van der Waals surface area (Å²) in [5.41, 5.74) is 1.44. The molecule has 26 heavy (non-hydrogen) atoms. The summed E-state index contributed by atoms with van der Waals surface area (Å²) in [4.78, 5) is 24.7. The lowest BCUT2D eigenvalue weighted by atomic mass is 10.0. The lowest BCUT2D eigenvalue weighted by molar-refractivity contribution is -0.137. The minimum atomic E-state index is -0.906. The normalized spacial score (nSPS) is 11.6. The van der Waals surface area contributed by atoms with Gasteiger partial charge in [-0.05, 0) is 24.5 Å². The van der Waals surface area contributed by atoms with Crippen molar-refractivity contribution >= 4 is 12.0 Å². The van der Waals surface area contributed by atoms with Crippen LogP contribution in [0.4, 0.5) is 9.18 Å². The van der Waals surface area contributed by atoms with Gasteiger partial charge in [-0.1, -0.05) is 48.5 Å². The molecule has 0 saturated carbocycles. The highest BCUT2D eigenvalue weighted by atomic mass is 19.1. The molecule has 1 unspecified atom stereocenters. The number of hydrogen-bond acceptors (Lipinski definition) is 2. The number of halogens is 1. The number of carbonyl (C=O) groups excluding carboxylic acids is 1. The summed E-state index contributed by atoms with van der Waals surface area (Å²) in [6.45, 7) is 0.134. The summed E-state index contributed by atoms with van der Waals surface area (Å²) in [5, 5.41) is 11.8. The standard InChI is InChI=1S/C20H23FN2O3/c1-23(14-16-9-5-6-10-18(16)21)20(26)22-17(11-12-19(24)25)13-15-7-3-2-4-8-15/h2-10,17H,11-14H2,1H3,(H,22,26)(H,24,25). The van der Waals surface area contributed by atoms with Crippen molar-refractivity contribution in [2.75, 3.05) is 7.05 Å². The first kappa shape index (κ1) is 19.4. The van der Waals surface area contributed by atoms with Crippen LogP contribution in [0.1, 0.15) is 24.0 Å². The highest BCUT2D eigenvalue weighted by Gasteiger charge is 2.18. The third-order valence-electron chi connectivity index (χ3n) is 4.07. The van der Waals surface area contributed by atoms with Gasteiger partial charge in [-0.3, -0.25) is 4.79 Å². The molecular formula is C20H23FN2O3. The molecule has 0 aromatic heterocycles. The molecule has 2 aromatic carbocycles. The van der Waals surface area contributed by atoms with Gasteiger partial charge in [-0.15, -0.1) is 0 Å². The lowest BCUT2D eigenvalue weighted by Crippen LogP contribution is -2.44. The van der Waals surface area contributed by atoms with Crippen molar-refractivity contribution < 1.29 is 19.1 Å². The third kappa shape index (κ3) is 6.20. The fourth-order valence-electron chi connectivity index (χ4n) is 2.66. The van der Waals surface area contributed by atoms with Crippen LogP contribution in [0.5, 0.6) is 0 Å². The van der Waals surface area contributed by atoms with Crippen LogP contribution in [-0.2, 0) is 17.8 Å². The van der Waals surface area contributed by atoms with E-state index in [2.05, 4.69) is 5.32 Å². The van der Waals surface area contributed by atoms with Crippen molar-refractivity contribution in [3.8, 4) is 0 Å². The number of carboxylic acid groups (broad SMARTS) is 1. The number of urea groups is 1. The maximum absolute atomic E-state index is 13.7. The molecule has 0 fully saturated rings. The largest absolute Gasteiger partial charge is 0.481 e. The van der Waals surface area contributed by atoms with E-state index in [4.69, 9.17) is 5.11 Å². The van der Waals surface area contributed by atoms with Crippen molar-refractivity contribution in [3.63, 3.8) is 0 Å². The predicted octanol–water partition coefficient (Wildman–Crippen LogP) is 3.44. The Morgan fingerprint density at radius 3 is 2.42 bits per heavy atom. The summed E-state index contributed by atoms with van der Waals surface area (Å²) < 4.78 is 13.7. The van der Waals surface area contributed by atoms with Crippen LogP contribution in [0.2, 0.25) is 0 Å². The summed E-state index contributed by atoms with van der Waals surface area (Å²) in [6.07, 6.45) is 0.825. The first-order valence-electron chi connectivity index (χ1n) is 8.46. The second-order valence-electron chi connectivity index (χ2n) is 6.22. The average Bonchev–Trinajstić information content (AvgIpc) is 2.62. The molecule has 0 aliphatic heterocycles. The number of aliphatic carboxylic acids is 1. The number of nitrogens with one attached hydrogen (secondary N) is 1. The zero-order chi connectivity index (χ0) is 18.9. The number of benzene rings is 2. The van der Waals surface area contributed by atoms with Gasteiger partial charge in [0, 0.05) is 31.6 Å². The Labute approximate surface area is 152 Å². The zero-order valence-electron chi connectivity index (χ0n) is 14.7. The molecule has 0 saturated heterocycles. The fraction of sp³-hybridized carbons (Fsp3) is 0.300. The van der Waals surface area contributed by atoms with Crippen molar-refractivity contribution in [2.24, 2.45) is 0 Å². The maximum Gasteiger partial charge on any atom is 0.317 e. The van der Waals surface area contributed by atoms with Crippen LogP contribution in [0, 0.1) is 5.82 Å². The Kier molecular flexibility index (Phi) is 7.14. The maximum atomic E-state index is 13.7. The van der Waals surface area contributed by atoms with Gasteiger partial charge in [0.15, 0.2) is 0 Å². The van der Waals surface area contributed by atoms with E-state index in [0.717, 1.165) is 5.56 Å². The number of amides is 2. The second-order valence-corrected chi connectivity index (χ2v) is 6.22. The summed E-state index contributed by atoms with van der Waals surface area (Å²) >= 11 is 0. The zero-order valence-corrected chi connectivity index (χ0v) is 14.7. The van der Waals surface area contributed by atoms with Crippen LogP contribution in [0.3, 0.4) is 0 Å². The number of carboxylic acids is 1. The molecule has 0 spiro atoms. The fourth-order valence-corrected chi connectivity index (χ4v) is 2.66. The monoisotopic (exact) mass is 358 g/mol. The highest BCUT2D eigenvalue weighted by molar-refractivity contribution is 5.74. The Morgan fingerprint density at radius 2 is 1.77 bits per heavy atom. The van der Waals surface area contributed by atoms with E-state index in [1.165, 1.54) is 11.0 Å². The molecule has 0 radical (unpaired) electrons. The van der Waals surface area contributed by atoms with Crippen molar-refractivity contribution in [1.29, 1.82) is 0 Å². The molecule has 2 amide bonds.